The molecule has 0 aliphatic carbocycles. The molecule has 2 aromatic rings. The molecular weight excluding hydrogens is 420 g/mol. The normalized spacial score (nSPS) is 18.0. The molecule has 2 fully saturated rings. The molecule has 7 heteroatoms. The van der Waals surface area contributed by atoms with E-state index in [4.69, 9.17) is 18.9 Å². The minimum Gasteiger partial charge on any atom is -0.507 e. The van der Waals surface area contributed by atoms with E-state index in [1.54, 1.807) is 14.2 Å². The molecule has 1 N–H and O–H groups in total. The highest BCUT2D eigenvalue weighted by Crippen LogP contribution is 2.30. The number of ether oxygens (including phenoxy) is 4. The molecule has 0 spiro atoms. The van der Waals surface area contributed by atoms with Crippen molar-refractivity contribution < 1.29 is 24.1 Å². The number of benzene rings is 2. The zero-order valence-electron chi connectivity index (χ0n) is 19.6. The molecule has 0 bridgehead atoms. The summed E-state index contributed by atoms with van der Waals surface area (Å²) in [7, 11) is 3.30. The summed E-state index contributed by atoms with van der Waals surface area (Å²) in [5, 5.41) is 11.1. The van der Waals surface area contributed by atoms with Crippen LogP contribution in [0.3, 0.4) is 0 Å². The van der Waals surface area contributed by atoms with Crippen LogP contribution in [0.25, 0.3) is 12.2 Å². The second-order valence-electron chi connectivity index (χ2n) is 8.44. The Morgan fingerprint density at radius 3 is 1.58 bits per heavy atom. The number of methoxy groups -OCH3 is 2. The van der Waals surface area contributed by atoms with Crippen molar-refractivity contribution in [2.75, 3.05) is 66.8 Å². The van der Waals surface area contributed by atoms with E-state index in [0.717, 1.165) is 86.4 Å². The Balaban J connectivity index is 1.62. The first kappa shape index (κ1) is 23.6. The van der Waals surface area contributed by atoms with Gasteiger partial charge >= 0.3 is 0 Å². The minimum atomic E-state index is 0.396. The van der Waals surface area contributed by atoms with Gasteiger partial charge in [0.05, 0.1) is 40.6 Å². The predicted octanol–water partition coefficient (Wildman–Crippen LogP) is 3.24. The van der Waals surface area contributed by atoms with Gasteiger partial charge in [0.1, 0.15) is 17.2 Å². The number of rotatable bonds is 8. The average molecular weight is 455 g/mol. The lowest BCUT2D eigenvalue weighted by Gasteiger charge is -2.29. The second-order valence-corrected chi connectivity index (χ2v) is 8.44. The minimum absolute atomic E-state index is 0.396. The maximum absolute atomic E-state index is 11.1. The Bertz CT molecular complexity index is 886. The summed E-state index contributed by atoms with van der Waals surface area (Å²) >= 11 is 0. The van der Waals surface area contributed by atoms with Crippen LogP contribution in [0, 0.1) is 0 Å². The van der Waals surface area contributed by atoms with E-state index in [1.165, 1.54) is 0 Å². The van der Waals surface area contributed by atoms with Gasteiger partial charge in [0.2, 0.25) is 0 Å². The lowest BCUT2D eigenvalue weighted by molar-refractivity contribution is 0.0327. The fraction of sp³-hybridized carbons (Fsp3) is 0.462. The van der Waals surface area contributed by atoms with Crippen LogP contribution >= 0.6 is 0 Å². The van der Waals surface area contributed by atoms with Crippen LogP contribution in [0.5, 0.6) is 17.2 Å². The van der Waals surface area contributed by atoms with E-state index in [-0.39, 0.29) is 0 Å². The third-order valence-electron chi connectivity index (χ3n) is 6.13. The van der Waals surface area contributed by atoms with Crippen molar-refractivity contribution in [1.29, 1.82) is 0 Å². The third-order valence-corrected chi connectivity index (χ3v) is 6.13. The molecule has 2 aromatic carbocycles. The van der Waals surface area contributed by atoms with Gasteiger partial charge in [0.15, 0.2) is 0 Å². The van der Waals surface area contributed by atoms with Crippen molar-refractivity contribution in [1.82, 2.24) is 9.80 Å². The van der Waals surface area contributed by atoms with Crippen molar-refractivity contribution in [3.05, 3.63) is 52.6 Å². The van der Waals surface area contributed by atoms with E-state index in [0.29, 0.717) is 18.8 Å². The lowest BCUT2D eigenvalue weighted by atomic mass is 10.0. The number of phenols is 1. The molecule has 4 rings (SSSR count). The van der Waals surface area contributed by atoms with Gasteiger partial charge in [-0.1, -0.05) is 12.2 Å². The van der Waals surface area contributed by atoms with E-state index >= 15 is 0 Å². The number of hydrogen-bond acceptors (Lipinski definition) is 7. The molecule has 0 unspecified atom stereocenters. The van der Waals surface area contributed by atoms with E-state index in [2.05, 4.69) is 34.1 Å². The fourth-order valence-corrected chi connectivity index (χ4v) is 4.24. The summed E-state index contributed by atoms with van der Waals surface area (Å²) < 4.78 is 21.8. The largest absolute Gasteiger partial charge is 0.507 e. The second kappa shape index (κ2) is 11.5. The summed E-state index contributed by atoms with van der Waals surface area (Å²) in [4.78, 5) is 4.66. The van der Waals surface area contributed by atoms with E-state index in [1.807, 2.05) is 18.2 Å². The topological polar surface area (TPSA) is 63.6 Å². The Morgan fingerprint density at radius 1 is 0.727 bits per heavy atom. The Labute approximate surface area is 196 Å². The molecule has 0 radical (unpaired) electrons. The fourth-order valence-electron chi connectivity index (χ4n) is 4.24. The van der Waals surface area contributed by atoms with Crippen LogP contribution in [-0.2, 0) is 22.6 Å². The quantitative estimate of drug-likeness (QED) is 0.615. The number of hydrogen-bond donors (Lipinski definition) is 1. The summed E-state index contributed by atoms with van der Waals surface area (Å²) in [6.45, 7) is 7.86. The van der Waals surface area contributed by atoms with Crippen molar-refractivity contribution in [2.24, 2.45) is 0 Å². The van der Waals surface area contributed by atoms with Crippen molar-refractivity contribution in [2.45, 2.75) is 13.1 Å². The standard InChI is InChI=1S/C26H34N2O5/c1-30-24-15-21(16-25(17-24)31-2)4-3-20-13-22(18-27-5-9-32-10-6-27)26(29)23(14-20)19-28-7-11-33-12-8-28/h3-4,13-17,29H,5-12,18-19H2,1-2H3/b4-3+. The van der Waals surface area contributed by atoms with Crippen molar-refractivity contribution >= 4 is 12.2 Å². The number of morpholine rings is 2. The number of nitrogens with zero attached hydrogens (tertiary/aromatic N) is 2. The van der Waals surface area contributed by atoms with Crippen molar-refractivity contribution in [3.8, 4) is 17.2 Å². The van der Waals surface area contributed by atoms with Crippen LogP contribution in [0.15, 0.2) is 30.3 Å². The third kappa shape index (κ3) is 6.48. The Hall–Kier alpha value is -2.58. The molecule has 2 heterocycles. The molecule has 0 amide bonds. The van der Waals surface area contributed by atoms with Gasteiger partial charge in [-0.3, -0.25) is 9.80 Å². The van der Waals surface area contributed by atoms with Crippen LogP contribution in [-0.4, -0.2) is 81.7 Å². The van der Waals surface area contributed by atoms with Gasteiger partial charge in [0, 0.05) is 56.5 Å². The zero-order valence-corrected chi connectivity index (χ0v) is 19.6. The summed E-state index contributed by atoms with van der Waals surface area (Å²) in [6.07, 6.45) is 4.13. The first-order valence-corrected chi connectivity index (χ1v) is 11.5. The summed E-state index contributed by atoms with van der Waals surface area (Å²) in [6, 6.07) is 9.98. The van der Waals surface area contributed by atoms with Crippen LogP contribution in [0.4, 0.5) is 0 Å². The molecule has 2 saturated heterocycles. The molecule has 0 aromatic heterocycles. The molecule has 7 nitrogen and oxygen atoms in total. The number of aromatic hydroxyl groups is 1. The van der Waals surface area contributed by atoms with Crippen LogP contribution in [0.2, 0.25) is 0 Å². The van der Waals surface area contributed by atoms with Gasteiger partial charge in [0.25, 0.3) is 0 Å². The van der Waals surface area contributed by atoms with Crippen molar-refractivity contribution in [3.63, 3.8) is 0 Å². The summed E-state index contributed by atoms with van der Waals surface area (Å²) in [5.74, 6) is 1.90. The summed E-state index contributed by atoms with van der Waals surface area (Å²) in [5.41, 5.74) is 3.95. The van der Waals surface area contributed by atoms with E-state index < -0.39 is 0 Å². The monoisotopic (exact) mass is 454 g/mol. The Kier molecular flexibility index (Phi) is 8.23. The highest BCUT2D eigenvalue weighted by atomic mass is 16.5. The van der Waals surface area contributed by atoms with Gasteiger partial charge < -0.3 is 24.1 Å². The zero-order chi connectivity index (χ0) is 23.0. The van der Waals surface area contributed by atoms with Gasteiger partial charge in [-0.2, -0.15) is 0 Å². The molecule has 2 aliphatic rings. The molecule has 0 atom stereocenters. The molecule has 2 aliphatic heterocycles. The van der Waals surface area contributed by atoms with E-state index in [9.17, 15) is 5.11 Å². The Morgan fingerprint density at radius 2 is 1.15 bits per heavy atom. The highest BCUT2D eigenvalue weighted by molar-refractivity contribution is 5.72. The molecule has 33 heavy (non-hydrogen) atoms. The number of phenolic OH excluding ortho intramolecular Hbond substituents is 1. The highest BCUT2D eigenvalue weighted by Gasteiger charge is 2.18. The molecule has 178 valence electrons. The average Bonchev–Trinajstić information content (AvgIpc) is 2.86. The SMILES string of the molecule is COc1cc(/C=C/c2cc(CN3CCOCC3)c(O)c(CN3CCOCC3)c2)cc(OC)c1. The first-order chi connectivity index (χ1) is 16.1. The van der Waals surface area contributed by atoms with Gasteiger partial charge in [-0.15, -0.1) is 0 Å². The smallest absolute Gasteiger partial charge is 0.124 e. The predicted molar refractivity (Wildman–Crippen MR) is 129 cm³/mol. The first-order valence-electron chi connectivity index (χ1n) is 11.5. The maximum atomic E-state index is 11.1. The van der Waals surface area contributed by atoms with Gasteiger partial charge in [-0.05, 0) is 35.4 Å². The van der Waals surface area contributed by atoms with Crippen LogP contribution < -0.4 is 9.47 Å². The lowest BCUT2D eigenvalue weighted by Crippen LogP contribution is -2.36. The van der Waals surface area contributed by atoms with Crippen LogP contribution in [0.1, 0.15) is 22.3 Å². The molecular formula is C26H34N2O5. The molecule has 0 saturated carbocycles. The maximum Gasteiger partial charge on any atom is 0.124 e. The van der Waals surface area contributed by atoms with Gasteiger partial charge in [-0.25, -0.2) is 0 Å².